The van der Waals surface area contributed by atoms with Crippen LogP contribution in [-0.4, -0.2) is 34.0 Å². The molecule has 1 aromatic heterocycles. The van der Waals surface area contributed by atoms with E-state index in [0.717, 1.165) is 32.4 Å². The lowest BCUT2D eigenvalue weighted by atomic mass is 9.92. The fraction of sp³-hybridized carbons (Fsp3) is 0.765. The number of nitrogens with one attached hydrogen (secondary N) is 1. The minimum atomic E-state index is -0.459. The van der Waals surface area contributed by atoms with Crippen LogP contribution in [0.2, 0.25) is 0 Å². The smallest absolute Gasteiger partial charge is 0.353 e. The standard InChI is InChI=1S/C17H28N6O2/c1-11-8-12(2)10-22(9-11)16-14(23(24)25)15(18)20-17(21-16)19-13-6-4-3-5-7-13/h11-13H,3-10H2,1-2H3,(H3,18,19,20,21)/t11-,12-/m0/s1. The molecule has 25 heavy (non-hydrogen) atoms. The number of hydrogen-bond acceptors (Lipinski definition) is 7. The quantitative estimate of drug-likeness (QED) is 0.635. The predicted molar refractivity (Wildman–Crippen MR) is 98.8 cm³/mol. The molecule has 2 fully saturated rings. The fourth-order valence-corrected chi connectivity index (χ4v) is 4.19. The number of anilines is 3. The van der Waals surface area contributed by atoms with Crippen molar-refractivity contribution in [2.75, 3.05) is 29.0 Å². The largest absolute Gasteiger partial charge is 0.378 e. The Balaban J connectivity index is 1.91. The zero-order valence-corrected chi connectivity index (χ0v) is 15.1. The highest BCUT2D eigenvalue weighted by Gasteiger charge is 2.32. The first-order valence-electron chi connectivity index (χ1n) is 9.27. The van der Waals surface area contributed by atoms with Crippen LogP contribution in [-0.2, 0) is 0 Å². The highest BCUT2D eigenvalue weighted by molar-refractivity contribution is 5.71. The van der Waals surface area contributed by atoms with Gasteiger partial charge in [-0.15, -0.1) is 0 Å². The van der Waals surface area contributed by atoms with E-state index < -0.39 is 4.92 Å². The van der Waals surface area contributed by atoms with Gasteiger partial charge in [-0.1, -0.05) is 33.1 Å². The van der Waals surface area contributed by atoms with Crippen LogP contribution < -0.4 is 16.0 Å². The summed E-state index contributed by atoms with van der Waals surface area (Å²) in [4.78, 5) is 21.8. The molecule has 0 amide bonds. The molecule has 0 unspecified atom stereocenters. The van der Waals surface area contributed by atoms with Crippen LogP contribution in [0.5, 0.6) is 0 Å². The molecule has 3 rings (SSSR count). The summed E-state index contributed by atoms with van der Waals surface area (Å²) in [6, 6.07) is 0.321. The third-order valence-electron chi connectivity index (χ3n) is 5.18. The number of piperidine rings is 1. The summed E-state index contributed by atoms with van der Waals surface area (Å²) in [7, 11) is 0. The van der Waals surface area contributed by atoms with E-state index in [9.17, 15) is 10.1 Å². The second kappa shape index (κ2) is 7.41. The molecule has 0 bridgehead atoms. The minimum Gasteiger partial charge on any atom is -0.378 e. The SMILES string of the molecule is C[C@H]1C[C@H](C)CN(c2nc(NC3CCCCC3)nc(N)c2[N+](=O)[O-])C1. The van der Waals surface area contributed by atoms with Crippen molar-refractivity contribution in [3.63, 3.8) is 0 Å². The fourth-order valence-electron chi connectivity index (χ4n) is 4.19. The molecule has 8 nitrogen and oxygen atoms in total. The molecule has 1 saturated carbocycles. The number of nitrogen functional groups attached to an aromatic ring is 1. The van der Waals surface area contributed by atoms with E-state index in [1.165, 1.54) is 19.3 Å². The van der Waals surface area contributed by atoms with Gasteiger partial charge in [-0.05, 0) is 31.1 Å². The van der Waals surface area contributed by atoms with Crippen LogP contribution >= 0.6 is 0 Å². The topological polar surface area (TPSA) is 110 Å². The lowest BCUT2D eigenvalue weighted by molar-refractivity contribution is -0.383. The van der Waals surface area contributed by atoms with Crippen LogP contribution in [0.4, 0.5) is 23.3 Å². The van der Waals surface area contributed by atoms with E-state index in [-0.39, 0.29) is 11.5 Å². The second-order valence-electron chi connectivity index (χ2n) is 7.69. The Morgan fingerprint density at radius 1 is 1.16 bits per heavy atom. The summed E-state index contributed by atoms with van der Waals surface area (Å²) in [6.07, 6.45) is 6.91. The summed E-state index contributed by atoms with van der Waals surface area (Å²) in [5.74, 6) is 1.65. The van der Waals surface area contributed by atoms with Gasteiger partial charge in [-0.25, -0.2) is 0 Å². The van der Waals surface area contributed by atoms with Crippen LogP contribution in [0.1, 0.15) is 52.4 Å². The average Bonchev–Trinajstić information content (AvgIpc) is 2.54. The number of aromatic nitrogens is 2. The van der Waals surface area contributed by atoms with E-state index >= 15 is 0 Å². The van der Waals surface area contributed by atoms with Crippen molar-refractivity contribution in [2.24, 2.45) is 11.8 Å². The summed E-state index contributed by atoms with van der Waals surface area (Å²) in [5, 5.41) is 14.9. The zero-order valence-electron chi connectivity index (χ0n) is 15.1. The highest BCUT2D eigenvalue weighted by atomic mass is 16.6. The highest BCUT2D eigenvalue weighted by Crippen LogP contribution is 2.35. The molecular formula is C17H28N6O2. The summed E-state index contributed by atoms with van der Waals surface area (Å²) < 4.78 is 0. The number of hydrogen-bond donors (Lipinski definition) is 2. The first-order chi connectivity index (χ1) is 11.9. The Bertz CT molecular complexity index is 622. The molecule has 8 heteroatoms. The lowest BCUT2D eigenvalue weighted by Crippen LogP contribution is -2.40. The van der Waals surface area contributed by atoms with Crippen LogP contribution in [0.3, 0.4) is 0 Å². The summed E-state index contributed by atoms with van der Waals surface area (Å²) in [5.41, 5.74) is 5.77. The molecule has 1 saturated heterocycles. The van der Waals surface area contributed by atoms with Gasteiger partial charge in [0.1, 0.15) is 0 Å². The molecule has 2 atom stereocenters. The van der Waals surface area contributed by atoms with E-state index in [1.807, 2.05) is 4.90 Å². The molecule has 2 aliphatic rings. The summed E-state index contributed by atoms with van der Waals surface area (Å²) in [6.45, 7) is 5.84. The number of nitro groups is 1. The maximum Gasteiger partial charge on any atom is 0.353 e. The molecule has 0 spiro atoms. The van der Waals surface area contributed by atoms with Crippen molar-refractivity contribution in [2.45, 2.75) is 58.4 Å². The first-order valence-corrected chi connectivity index (χ1v) is 9.27. The van der Waals surface area contributed by atoms with Gasteiger partial charge in [-0.2, -0.15) is 9.97 Å². The van der Waals surface area contributed by atoms with Gasteiger partial charge in [-0.3, -0.25) is 10.1 Å². The molecular weight excluding hydrogens is 320 g/mol. The van der Waals surface area contributed by atoms with Crippen molar-refractivity contribution in [3.8, 4) is 0 Å². The Hall–Kier alpha value is -2.12. The Morgan fingerprint density at radius 2 is 1.80 bits per heavy atom. The van der Waals surface area contributed by atoms with Crippen molar-refractivity contribution >= 4 is 23.3 Å². The number of nitrogens with two attached hydrogens (primary N) is 1. The average molecular weight is 348 g/mol. The van der Waals surface area contributed by atoms with E-state index in [0.29, 0.717) is 29.6 Å². The van der Waals surface area contributed by atoms with Gasteiger partial charge in [0, 0.05) is 19.1 Å². The molecule has 1 aliphatic carbocycles. The zero-order chi connectivity index (χ0) is 18.0. The molecule has 2 heterocycles. The molecule has 3 N–H and O–H groups in total. The van der Waals surface area contributed by atoms with Crippen molar-refractivity contribution < 1.29 is 4.92 Å². The molecule has 1 aliphatic heterocycles. The molecule has 1 aromatic rings. The third-order valence-corrected chi connectivity index (χ3v) is 5.18. The number of rotatable bonds is 4. The summed E-state index contributed by atoms with van der Waals surface area (Å²) >= 11 is 0. The third kappa shape index (κ3) is 4.11. The lowest BCUT2D eigenvalue weighted by Gasteiger charge is -2.35. The monoisotopic (exact) mass is 348 g/mol. The van der Waals surface area contributed by atoms with Gasteiger partial charge in [0.25, 0.3) is 0 Å². The molecule has 0 radical (unpaired) electrons. The second-order valence-corrected chi connectivity index (χ2v) is 7.69. The van der Waals surface area contributed by atoms with E-state index in [2.05, 4.69) is 29.1 Å². The van der Waals surface area contributed by atoms with Gasteiger partial charge in [0.2, 0.25) is 17.6 Å². The van der Waals surface area contributed by atoms with Gasteiger partial charge < -0.3 is 16.0 Å². The Morgan fingerprint density at radius 3 is 2.40 bits per heavy atom. The Labute approximate surface area is 148 Å². The van der Waals surface area contributed by atoms with Crippen molar-refractivity contribution in [1.82, 2.24) is 9.97 Å². The van der Waals surface area contributed by atoms with Crippen LogP contribution in [0, 0.1) is 22.0 Å². The van der Waals surface area contributed by atoms with Crippen molar-refractivity contribution in [3.05, 3.63) is 10.1 Å². The Kier molecular flexibility index (Phi) is 5.24. The normalized spacial score (nSPS) is 25.0. The first kappa shape index (κ1) is 17.7. The van der Waals surface area contributed by atoms with Crippen LogP contribution in [0.15, 0.2) is 0 Å². The maximum absolute atomic E-state index is 11.5. The van der Waals surface area contributed by atoms with Gasteiger partial charge in [0.15, 0.2) is 0 Å². The van der Waals surface area contributed by atoms with E-state index in [4.69, 9.17) is 5.73 Å². The predicted octanol–water partition coefficient (Wildman–Crippen LogP) is 3.19. The van der Waals surface area contributed by atoms with E-state index in [1.54, 1.807) is 0 Å². The van der Waals surface area contributed by atoms with Gasteiger partial charge >= 0.3 is 5.69 Å². The van der Waals surface area contributed by atoms with Crippen molar-refractivity contribution in [1.29, 1.82) is 0 Å². The van der Waals surface area contributed by atoms with Gasteiger partial charge in [0.05, 0.1) is 4.92 Å². The van der Waals surface area contributed by atoms with Crippen LogP contribution in [0.25, 0.3) is 0 Å². The molecule has 0 aromatic carbocycles. The minimum absolute atomic E-state index is 0.0563. The maximum atomic E-state index is 11.5. The molecule has 138 valence electrons. The number of nitrogens with zero attached hydrogens (tertiary/aromatic N) is 4.